The molecule has 0 spiro atoms. The molecule has 0 fully saturated rings. The summed E-state index contributed by atoms with van der Waals surface area (Å²) in [6, 6.07) is 63.2. The summed E-state index contributed by atoms with van der Waals surface area (Å²) >= 11 is 0. The molecule has 2 aromatic heterocycles. The van der Waals surface area contributed by atoms with E-state index in [1.54, 1.807) is 0 Å². The van der Waals surface area contributed by atoms with Crippen molar-refractivity contribution in [1.29, 1.82) is 10.5 Å². The monoisotopic (exact) mass is 672 g/mol. The first-order valence-electron chi connectivity index (χ1n) is 17.6. The van der Waals surface area contributed by atoms with Gasteiger partial charge in [-0.1, -0.05) is 103 Å². The van der Waals surface area contributed by atoms with Crippen molar-refractivity contribution in [2.45, 2.75) is 0 Å². The molecule has 8 aromatic carbocycles. The van der Waals surface area contributed by atoms with Gasteiger partial charge in [-0.3, -0.25) is 0 Å². The van der Waals surface area contributed by atoms with Gasteiger partial charge >= 0.3 is 0 Å². The van der Waals surface area contributed by atoms with Crippen molar-refractivity contribution in [2.24, 2.45) is 0 Å². The van der Waals surface area contributed by atoms with Crippen molar-refractivity contribution in [3.05, 3.63) is 181 Å². The van der Waals surface area contributed by atoms with Crippen molar-refractivity contribution in [3.8, 4) is 51.3 Å². The second kappa shape index (κ2) is 12.1. The molecule has 4 heteroatoms. The third-order valence-electron chi connectivity index (χ3n) is 10.4. The maximum atomic E-state index is 9.74. The van der Waals surface area contributed by atoms with E-state index in [1.807, 2.05) is 54.6 Å². The molecule has 10 rings (SSSR count). The Kier molecular flexibility index (Phi) is 6.90. The van der Waals surface area contributed by atoms with Gasteiger partial charge in [0.05, 0.1) is 45.5 Å². The number of nitriles is 2. The van der Waals surface area contributed by atoms with Crippen LogP contribution in [-0.4, -0.2) is 9.55 Å². The Morgan fingerprint density at radius 1 is 0.415 bits per heavy atom. The summed E-state index contributed by atoms with van der Waals surface area (Å²) in [5.74, 6) is 0. The summed E-state index contributed by atoms with van der Waals surface area (Å²) in [5.41, 5.74) is 11.8. The summed E-state index contributed by atoms with van der Waals surface area (Å²) in [7, 11) is 0. The Morgan fingerprint density at radius 3 is 1.75 bits per heavy atom. The third-order valence-corrected chi connectivity index (χ3v) is 10.4. The van der Waals surface area contributed by atoms with Crippen molar-refractivity contribution < 1.29 is 0 Å². The predicted octanol–water partition coefficient (Wildman–Crippen LogP) is 12.4. The minimum atomic E-state index is 0.639. The fourth-order valence-electron chi connectivity index (χ4n) is 7.95. The summed E-state index contributed by atoms with van der Waals surface area (Å²) in [4.78, 5) is 5.30. The SMILES string of the molecule is N#Cc1ccc(-c2cc3c(-c4ccc(-c5ccc6c(c5)c5cc(C#N)ccc5n6-c5ccccc5)cc4)nc4ccccc4c3c3ccccc23)cc1. The zero-order chi connectivity index (χ0) is 35.5. The van der Waals surface area contributed by atoms with Gasteiger partial charge in [0.2, 0.25) is 0 Å². The minimum absolute atomic E-state index is 0.639. The van der Waals surface area contributed by atoms with Crippen LogP contribution in [0.15, 0.2) is 170 Å². The van der Waals surface area contributed by atoms with Gasteiger partial charge in [0.15, 0.2) is 0 Å². The molecular weight excluding hydrogens is 645 g/mol. The molecule has 4 nitrogen and oxygen atoms in total. The maximum absolute atomic E-state index is 9.74. The van der Waals surface area contributed by atoms with E-state index in [0.717, 1.165) is 82.7 Å². The molecule has 53 heavy (non-hydrogen) atoms. The molecular formula is C49H28N4. The molecule has 0 aliphatic carbocycles. The van der Waals surface area contributed by atoms with Crippen LogP contribution in [0.5, 0.6) is 0 Å². The van der Waals surface area contributed by atoms with E-state index in [1.165, 1.54) is 10.8 Å². The van der Waals surface area contributed by atoms with Gasteiger partial charge in [-0.05, 0) is 99.8 Å². The van der Waals surface area contributed by atoms with E-state index in [2.05, 4.69) is 132 Å². The van der Waals surface area contributed by atoms with E-state index in [0.29, 0.717) is 11.1 Å². The molecule has 0 unspecified atom stereocenters. The molecule has 0 aliphatic rings. The summed E-state index contributed by atoms with van der Waals surface area (Å²) in [6.45, 7) is 0. The van der Waals surface area contributed by atoms with Gasteiger partial charge in [-0.15, -0.1) is 0 Å². The standard InChI is InChI=1S/C49H28N4/c50-29-31-14-17-34(18-15-31)41-28-44-48(39-11-5-4-10-38(39)41)40-12-6-7-13-45(40)52-49(44)35-21-19-33(20-22-35)36-23-25-47-43(27-36)42-26-32(30-51)16-24-46(42)53(47)37-8-2-1-3-9-37/h1-28H. The quantitative estimate of drug-likeness (QED) is 0.175. The molecule has 0 N–H and O–H groups in total. The van der Waals surface area contributed by atoms with Crippen LogP contribution in [0.1, 0.15) is 11.1 Å². The molecule has 2 heterocycles. The average molecular weight is 673 g/mol. The van der Waals surface area contributed by atoms with Gasteiger partial charge in [-0.2, -0.15) is 10.5 Å². The number of hydrogen-bond donors (Lipinski definition) is 0. The first-order chi connectivity index (χ1) is 26.2. The lowest BCUT2D eigenvalue weighted by molar-refractivity contribution is 1.18. The summed E-state index contributed by atoms with van der Waals surface area (Å²) in [6.07, 6.45) is 0. The van der Waals surface area contributed by atoms with Gasteiger partial charge in [0.25, 0.3) is 0 Å². The van der Waals surface area contributed by atoms with E-state index in [9.17, 15) is 10.5 Å². The lowest BCUT2D eigenvalue weighted by atomic mass is 9.89. The van der Waals surface area contributed by atoms with E-state index < -0.39 is 0 Å². The molecule has 0 radical (unpaired) electrons. The zero-order valence-corrected chi connectivity index (χ0v) is 28.5. The molecule has 10 aromatic rings. The second-order valence-corrected chi connectivity index (χ2v) is 13.4. The Morgan fingerprint density at radius 2 is 1.00 bits per heavy atom. The number of para-hydroxylation sites is 2. The lowest BCUT2D eigenvalue weighted by Crippen LogP contribution is -1.93. The maximum Gasteiger partial charge on any atom is 0.0991 e. The molecule has 0 saturated carbocycles. The topological polar surface area (TPSA) is 65.4 Å². The lowest BCUT2D eigenvalue weighted by Gasteiger charge is -2.16. The van der Waals surface area contributed by atoms with Gasteiger partial charge in [0.1, 0.15) is 0 Å². The number of rotatable bonds is 4. The van der Waals surface area contributed by atoms with Gasteiger partial charge in [-0.25, -0.2) is 4.98 Å². The molecule has 0 aliphatic heterocycles. The fraction of sp³-hybridized carbons (Fsp3) is 0. The van der Waals surface area contributed by atoms with Crippen LogP contribution in [0.2, 0.25) is 0 Å². The Balaban J connectivity index is 1.15. The first kappa shape index (κ1) is 30.3. The molecule has 0 bridgehead atoms. The fourth-order valence-corrected chi connectivity index (χ4v) is 7.95. The number of aromatic nitrogens is 2. The highest BCUT2D eigenvalue weighted by Gasteiger charge is 2.18. The van der Waals surface area contributed by atoms with E-state index in [-0.39, 0.29) is 0 Å². The highest BCUT2D eigenvalue weighted by Crippen LogP contribution is 2.42. The summed E-state index contributed by atoms with van der Waals surface area (Å²) < 4.78 is 2.27. The normalized spacial score (nSPS) is 11.4. The Labute approximate surface area is 305 Å². The largest absolute Gasteiger partial charge is 0.309 e. The van der Waals surface area contributed by atoms with Crippen LogP contribution in [0.25, 0.3) is 93.5 Å². The predicted molar refractivity (Wildman–Crippen MR) is 217 cm³/mol. The highest BCUT2D eigenvalue weighted by atomic mass is 15.0. The van der Waals surface area contributed by atoms with Crippen LogP contribution >= 0.6 is 0 Å². The van der Waals surface area contributed by atoms with Gasteiger partial charge in [0, 0.05) is 38.2 Å². The smallest absolute Gasteiger partial charge is 0.0991 e. The first-order valence-corrected chi connectivity index (χ1v) is 17.6. The minimum Gasteiger partial charge on any atom is -0.309 e. The highest BCUT2D eigenvalue weighted by molar-refractivity contribution is 6.25. The average Bonchev–Trinajstić information content (AvgIpc) is 3.56. The van der Waals surface area contributed by atoms with Crippen molar-refractivity contribution in [1.82, 2.24) is 9.55 Å². The zero-order valence-electron chi connectivity index (χ0n) is 28.5. The number of pyridine rings is 1. The van der Waals surface area contributed by atoms with Crippen LogP contribution in [0, 0.1) is 22.7 Å². The number of benzene rings is 8. The Hall–Kier alpha value is -7.53. The van der Waals surface area contributed by atoms with E-state index in [4.69, 9.17) is 4.98 Å². The van der Waals surface area contributed by atoms with Crippen molar-refractivity contribution in [2.75, 3.05) is 0 Å². The van der Waals surface area contributed by atoms with Gasteiger partial charge < -0.3 is 4.57 Å². The number of hydrogen-bond acceptors (Lipinski definition) is 3. The van der Waals surface area contributed by atoms with Crippen LogP contribution in [-0.2, 0) is 0 Å². The van der Waals surface area contributed by atoms with Crippen LogP contribution < -0.4 is 0 Å². The van der Waals surface area contributed by atoms with Crippen molar-refractivity contribution in [3.63, 3.8) is 0 Å². The molecule has 244 valence electrons. The Bertz CT molecular complexity index is 3160. The number of fused-ring (bicyclic) bond motifs is 8. The van der Waals surface area contributed by atoms with Crippen LogP contribution in [0.4, 0.5) is 0 Å². The van der Waals surface area contributed by atoms with E-state index >= 15 is 0 Å². The number of nitrogens with zero attached hydrogens (tertiary/aromatic N) is 4. The second-order valence-electron chi connectivity index (χ2n) is 13.4. The summed E-state index contributed by atoms with van der Waals surface area (Å²) in [5, 5.41) is 27.1. The van der Waals surface area contributed by atoms with Crippen LogP contribution in [0.3, 0.4) is 0 Å². The van der Waals surface area contributed by atoms with Crippen molar-refractivity contribution >= 4 is 54.3 Å². The molecule has 0 atom stereocenters. The molecule has 0 amide bonds. The third kappa shape index (κ3) is 4.86. The molecule has 0 saturated heterocycles.